The lowest BCUT2D eigenvalue weighted by Gasteiger charge is -2.31. The minimum atomic E-state index is -3.86. The lowest BCUT2D eigenvalue weighted by atomic mass is 9.81. The second kappa shape index (κ2) is 9.19. The van der Waals surface area contributed by atoms with Crippen LogP contribution in [0.1, 0.15) is 56.9 Å². The summed E-state index contributed by atoms with van der Waals surface area (Å²) in [4.78, 5) is 17.0. The van der Waals surface area contributed by atoms with Crippen LogP contribution in [0.15, 0.2) is 40.2 Å². The highest BCUT2D eigenvalue weighted by atomic mass is 32.2. The normalized spacial score (nSPS) is 17.6. The first kappa shape index (κ1) is 26.2. The number of nitrogens with zero attached hydrogens (tertiary/aromatic N) is 2. The molecule has 0 saturated carbocycles. The molecule has 0 unspecified atom stereocenters. The third-order valence-electron chi connectivity index (χ3n) is 6.39. The Kier molecular flexibility index (Phi) is 6.68. The van der Waals surface area contributed by atoms with Crippen molar-refractivity contribution in [3.8, 4) is 11.5 Å². The first-order valence-corrected chi connectivity index (χ1v) is 13.5. The number of carbonyl (C=O) groups excluding carboxylic acids is 1. The van der Waals surface area contributed by atoms with Crippen molar-refractivity contribution in [2.24, 2.45) is 4.99 Å². The molecule has 4 rings (SSSR count). The van der Waals surface area contributed by atoms with Crippen LogP contribution >= 0.6 is 0 Å². The Morgan fingerprint density at radius 2 is 1.81 bits per heavy atom. The van der Waals surface area contributed by atoms with Crippen LogP contribution in [0.25, 0.3) is 0 Å². The van der Waals surface area contributed by atoms with Crippen LogP contribution in [0.2, 0.25) is 0 Å². The minimum absolute atomic E-state index is 0.0957. The maximum atomic E-state index is 13.0. The van der Waals surface area contributed by atoms with Crippen LogP contribution in [-0.2, 0) is 32.4 Å². The van der Waals surface area contributed by atoms with E-state index in [0.29, 0.717) is 6.42 Å². The zero-order valence-corrected chi connectivity index (χ0v) is 22.8. The third kappa shape index (κ3) is 4.86. The fourth-order valence-electron chi connectivity index (χ4n) is 4.87. The van der Waals surface area contributed by atoms with E-state index in [0.717, 1.165) is 50.2 Å². The fourth-order valence-corrected chi connectivity index (χ4v) is 5.98. The Labute approximate surface area is 213 Å². The molecule has 2 aromatic rings. The van der Waals surface area contributed by atoms with Crippen LogP contribution in [0, 0.1) is 0 Å². The van der Waals surface area contributed by atoms with Gasteiger partial charge in [0, 0.05) is 30.2 Å². The topological polar surface area (TPSA) is 94.5 Å². The molecular weight excluding hydrogens is 480 g/mol. The molecule has 0 bridgehead atoms. The van der Waals surface area contributed by atoms with E-state index in [1.807, 2.05) is 6.07 Å². The summed E-state index contributed by atoms with van der Waals surface area (Å²) >= 11 is 0. The first-order chi connectivity index (χ1) is 16.8. The van der Waals surface area contributed by atoms with Gasteiger partial charge in [0.15, 0.2) is 11.5 Å². The largest absolute Gasteiger partial charge is 0.493 e. The number of ether oxygens (including phenoxy) is 3. The van der Waals surface area contributed by atoms with Crippen molar-refractivity contribution in [2.75, 3.05) is 27.3 Å². The number of sulfonamides is 1. The van der Waals surface area contributed by atoms with Crippen LogP contribution in [0.3, 0.4) is 0 Å². The Bertz CT molecular complexity index is 1330. The molecule has 0 saturated heterocycles. The predicted octanol–water partition coefficient (Wildman–Crippen LogP) is 3.76. The summed E-state index contributed by atoms with van der Waals surface area (Å²) in [5.74, 6) is 0.871. The highest BCUT2D eigenvalue weighted by Crippen LogP contribution is 2.47. The van der Waals surface area contributed by atoms with Gasteiger partial charge in [0.2, 0.25) is 10.0 Å². The maximum absolute atomic E-state index is 13.0. The van der Waals surface area contributed by atoms with E-state index < -0.39 is 16.0 Å². The van der Waals surface area contributed by atoms with Gasteiger partial charge >= 0.3 is 5.97 Å². The van der Waals surface area contributed by atoms with E-state index in [9.17, 15) is 13.2 Å². The summed E-state index contributed by atoms with van der Waals surface area (Å²) in [5, 5.41) is 0. The van der Waals surface area contributed by atoms with E-state index in [2.05, 4.69) is 27.7 Å². The molecule has 0 aliphatic carbocycles. The van der Waals surface area contributed by atoms with Gasteiger partial charge in [-0.1, -0.05) is 12.1 Å². The molecule has 0 amide bonds. The van der Waals surface area contributed by atoms with Crippen LogP contribution in [-0.4, -0.2) is 62.9 Å². The zero-order chi connectivity index (χ0) is 26.5. The van der Waals surface area contributed by atoms with Gasteiger partial charge in [0.1, 0.15) is 12.1 Å². The Hall–Kier alpha value is -2.91. The summed E-state index contributed by atoms with van der Waals surface area (Å²) in [6.07, 6.45) is 1.47. The SMILES string of the molecule is CCOC(=O)CN(C)S(=O)(=O)c1ccc(C2=NC(C)(C)Cc3cc(OC)c4c(c32)CC(C)(C)O4)cc1. The van der Waals surface area contributed by atoms with Gasteiger partial charge in [-0.3, -0.25) is 9.79 Å². The number of benzene rings is 2. The van der Waals surface area contributed by atoms with Crippen molar-refractivity contribution in [1.82, 2.24) is 4.31 Å². The summed E-state index contributed by atoms with van der Waals surface area (Å²) in [6, 6.07) is 8.69. The smallest absolute Gasteiger partial charge is 0.321 e. The molecule has 194 valence electrons. The lowest BCUT2D eigenvalue weighted by molar-refractivity contribution is -0.143. The number of likely N-dealkylation sites (N-methyl/N-ethyl adjacent to an activating group) is 1. The number of aliphatic imine (C=N–C) groups is 1. The Morgan fingerprint density at radius 3 is 2.42 bits per heavy atom. The molecule has 8 nitrogen and oxygen atoms in total. The van der Waals surface area contributed by atoms with E-state index in [1.165, 1.54) is 7.05 Å². The number of hydrogen-bond acceptors (Lipinski definition) is 7. The Balaban J connectivity index is 1.75. The van der Waals surface area contributed by atoms with Gasteiger partial charge in [-0.15, -0.1) is 0 Å². The first-order valence-electron chi connectivity index (χ1n) is 12.0. The van der Waals surface area contributed by atoms with Gasteiger partial charge in [-0.05, 0) is 64.8 Å². The number of esters is 1. The molecule has 2 aliphatic rings. The van der Waals surface area contributed by atoms with Crippen molar-refractivity contribution in [3.63, 3.8) is 0 Å². The fraction of sp³-hybridized carbons (Fsp3) is 0.481. The molecule has 0 radical (unpaired) electrons. The molecule has 0 fully saturated rings. The van der Waals surface area contributed by atoms with Crippen molar-refractivity contribution in [2.45, 2.75) is 63.5 Å². The summed E-state index contributed by atoms with van der Waals surface area (Å²) in [5.41, 5.74) is 4.14. The molecule has 9 heteroatoms. The van der Waals surface area contributed by atoms with Crippen molar-refractivity contribution < 1.29 is 27.4 Å². The highest BCUT2D eigenvalue weighted by molar-refractivity contribution is 7.89. The van der Waals surface area contributed by atoms with Crippen molar-refractivity contribution in [1.29, 1.82) is 0 Å². The quantitative estimate of drug-likeness (QED) is 0.522. The molecule has 0 aromatic heterocycles. The Morgan fingerprint density at radius 1 is 1.14 bits per heavy atom. The minimum Gasteiger partial charge on any atom is -0.493 e. The van der Waals surface area contributed by atoms with Crippen molar-refractivity contribution in [3.05, 3.63) is 52.6 Å². The van der Waals surface area contributed by atoms with Gasteiger partial charge in [0.05, 0.1) is 29.9 Å². The van der Waals surface area contributed by atoms with E-state index in [4.69, 9.17) is 19.2 Å². The molecule has 0 N–H and O–H groups in total. The van der Waals surface area contributed by atoms with Crippen molar-refractivity contribution >= 4 is 21.7 Å². The lowest BCUT2D eigenvalue weighted by Crippen LogP contribution is -2.33. The summed E-state index contributed by atoms with van der Waals surface area (Å²) < 4.78 is 43.8. The molecule has 0 spiro atoms. The van der Waals surface area contributed by atoms with E-state index in [1.54, 1.807) is 38.3 Å². The maximum Gasteiger partial charge on any atom is 0.321 e. The number of methoxy groups -OCH3 is 1. The number of carbonyl (C=O) groups is 1. The van der Waals surface area contributed by atoms with Crippen LogP contribution < -0.4 is 9.47 Å². The third-order valence-corrected chi connectivity index (χ3v) is 8.21. The average molecular weight is 515 g/mol. The second-order valence-corrected chi connectivity index (χ2v) is 12.5. The molecule has 2 heterocycles. The van der Waals surface area contributed by atoms with Gasteiger partial charge in [-0.25, -0.2) is 8.42 Å². The molecule has 0 atom stereocenters. The zero-order valence-electron chi connectivity index (χ0n) is 22.0. The monoisotopic (exact) mass is 514 g/mol. The molecule has 2 aliphatic heterocycles. The molecule has 2 aromatic carbocycles. The highest BCUT2D eigenvalue weighted by Gasteiger charge is 2.39. The van der Waals surface area contributed by atoms with Gasteiger partial charge < -0.3 is 14.2 Å². The molecule has 36 heavy (non-hydrogen) atoms. The van der Waals surface area contributed by atoms with Gasteiger partial charge in [-0.2, -0.15) is 4.31 Å². The molecular formula is C27H34N2O6S. The van der Waals surface area contributed by atoms with E-state index in [-0.39, 0.29) is 29.2 Å². The van der Waals surface area contributed by atoms with E-state index >= 15 is 0 Å². The second-order valence-electron chi connectivity index (χ2n) is 10.5. The van der Waals surface area contributed by atoms with Gasteiger partial charge in [0.25, 0.3) is 0 Å². The summed E-state index contributed by atoms with van der Waals surface area (Å²) in [7, 11) is -0.847. The average Bonchev–Trinajstić information content (AvgIpc) is 3.12. The van der Waals surface area contributed by atoms with Crippen LogP contribution in [0.4, 0.5) is 0 Å². The number of fused-ring (bicyclic) bond motifs is 3. The predicted molar refractivity (Wildman–Crippen MR) is 138 cm³/mol. The van der Waals surface area contributed by atoms with Crippen LogP contribution in [0.5, 0.6) is 11.5 Å². The standard InChI is InChI=1S/C27H34N2O6S/c1-8-34-22(30)16-29(6)36(31,32)19-11-9-17(10-12-19)24-23-18(14-26(2,3)28-24)13-21(33-7)25-20(23)15-27(4,5)35-25/h9-13H,8,14-16H2,1-7H3. The number of rotatable bonds is 7. The summed E-state index contributed by atoms with van der Waals surface area (Å²) in [6.45, 7) is 9.79. The number of hydrogen-bond donors (Lipinski definition) is 0.